The second-order valence-corrected chi connectivity index (χ2v) is 18.6. The molecule has 1 aromatic heterocycles. The summed E-state index contributed by atoms with van der Waals surface area (Å²) >= 11 is 0. The molecule has 1 atom stereocenters. The molecule has 0 saturated heterocycles. The number of anilines is 3. The van der Waals surface area contributed by atoms with Crippen LogP contribution in [0, 0.1) is 0 Å². The van der Waals surface area contributed by atoms with E-state index in [0.29, 0.717) is 45.7 Å². The number of hydrogen-bond acceptors (Lipinski definition) is 9. The van der Waals surface area contributed by atoms with E-state index in [2.05, 4.69) is 20.3 Å². The smallest absolute Gasteiger partial charge is 0.323 e. The number of rotatable bonds is 14. The van der Waals surface area contributed by atoms with Gasteiger partial charge in [-0.15, -0.1) is 0 Å². The van der Waals surface area contributed by atoms with Crippen molar-refractivity contribution < 1.29 is 36.5 Å². The maximum Gasteiger partial charge on any atom is 0.323 e. The highest BCUT2D eigenvalue weighted by Crippen LogP contribution is 2.47. The van der Waals surface area contributed by atoms with Crippen LogP contribution in [0.25, 0.3) is 10.8 Å². The molecular formula is C44H47N4O8PS. The summed E-state index contributed by atoms with van der Waals surface area (Å²) in [5.74, 6) is 1.76. The van der Waals surface area contributed by atoms with Crippen LogP contribution in [0.4, 0.5) is 21.9 Å². The maximum atomic E-state index is 14.3. The first kappa shape index (κ1) is 41.7. The van der Waals surface area contributed by atoms with Gasteiger partial charge in [0.25, 0.3) is 7.37 Å². The fraction of sp³-hybridized carbons (Fsp3) is 0.227. The Labute approximate surface area is 339 Å². The first-order valence-corrected chi connectivity index (χ1v) is 22.0. The molecular weight excluding hydrogens is 776 g/mol. The molecule has 12 nitrogen and oxygen atoms in total. The molecule has 1 heterocycles. The van der Waals surface area contributed by atoms with E-state index >= 15 is 0 Å². The van der Waals surface area contributed by atoms with Crippen molar-refractivity contribution in [3.8, 4) is 23.0 Å². The Morgan fingerprint density at radius 1 is 0.776 bits per heavy atom. The Morgan fingerprint density at radius 2 is 1.47 bits per heavy atom. The minimum absolute atomic E-state index is 0.172. The van der Waals surface area contributed by atoms with Crippen molar-refractivity contribution in [2.24, 2.45) is 0 Å². The Hall–Kier alpha value is -5.88. The highest BCUT2D eigenvalue weighted by atomic mass is 32.2. The normalized spacial score (nSPS) is 12.7. The number of pyridine rings is 1. The summed E-state index contributed by atoms with van der Waals surface area (Å²) in [7, 11) is -4.09. The molecule has 1 unspecified atom stereocenters. The maximum absolute atomic E-state index is 14.3. The number of urea groups is 1. The molecule has 0 radical (unpaired) electrons. The van der Waals surface area contributed by atoms with E-state index in [1.807, 2.05) is 88.4 Å². The van der Waals surface area contributed by atoms with Crippen molar-refractivity contribution in [2.45, 2.75) is 39.5 Å². The van der Waals surface area contributed by atoms with E-state index in [-0.39, 0.29) is 23.5 Å². The Balaban J connectivity index is 1.22. The molecule has 302 valence electrons. The number of ether oxygens (including phenoxy) is 3. The molecule has 0 aliphatic rings. The van der Waals surface area contributed by atoms with Crippen LogP contribution in [0.2, 0.25) is 0 Å². The van der Waals surface area contributed by atoms with Gasteiger partial charge >= 0.3 is 6.03 Å². The van der Waals surface area contributed by atoms with Gasteiger partial charge in [-0.05, 0) is 78.1 Å². The number of methoxy groups -OCH3 is 2. The SMILES string of the molecule is CCOP(=O)(c1ccccc1)c1ccc(Cc2cc(Oc3ccc(NC(=O)Nc4cc(C(C)(C)C)cc(NS(C)(=O)=O)c4OC)c4ccccc34)ccn2)cc1OC. The zero-order valence-corrected chi connectivity index (χ0v) is 35.2. The summed E-state index contributed by atoms with van der Waals surface area (Å²) in [5, 5.41) is 8.34. The lowest BCUT2D eigenvalue weighted by Crippen LogP contribution is -2.22. The Kier molecular flexibility index (Phi) is 12.5. The molecule has 0 bridgehead atoms. The predicted molar refractivity (Wildman–Crippen MR) is 232 cm³/mol. The standard InChI is InChI=1S/C44H47N4O8PS/c1-8-55-57(50,33-14-10-9-11-15-33)41-21-18-29(25-40(41)53-5)24-31-28-32(22-23-45-31)56-39-20-19-36(34-16-12-13-17-35(34)39)46-43(49)47-37-26-30(44(2,3)4)27-38(42(37)54-6)48-58(7,51)52/h9-23,25-28,48H,8,24H2,1-7H3,(H2,46,47,49). The topological polar surface area (TPSA) is 154 Å². The van der Waals surface area contributed by atoms with Crippen LogP contribution in [-0.4, -0.2) is 46.5 Å². The van der Waals surface area contributed by atoms with E-state index in [4.69, 9.17) is 18.7 Å². The number of sulfonamides is 1. The number of nitrogens with one attached hydrogen (secondary N) is 3. The number of fused-ring (bicyclic) bond motifs is 1. The molecule has 0 spiro atoms. The molecule has 5 aromatic carbocycles. The number of amides is 2. The average Bonchev–Trinajstić information content (AvgIpc) is 3.18. The van der Waals surface area contributed by atoms with Crippen LogP contribution in [0.1, 0.15) is 44.5 Å². The fourth-order valence-electron chi connectivity index (χ4n) is 6.51. The van der Waals surface area contributed by atoms with Crippen molar-refractivity contribution in [1.82, 2.24) is 4.98 Å². The molecule has 6 aromatic rings. The van der Waals surface area contributed by atoms with Crippen LogP contribution in [0.5, 0.6) is 23.0 Å². The molecule has 14 heteroatoms. The first-order valence-electron chi connectivity index (χ1n) is 18.5. The van der Waals surface area contributed by atoms with Gasteiger partial charge < -0.3 is 29.4 Å². The summed E-state index contributed by atoms with van der Waals surface area (Å²) in [4.78, 5) is 18.1. The highest BCUT2D eigenvalue weighted by Gasteiger charge is 2.32. The number of carbonyl (C=O) groups is 1. The Morgan fingerprint density at radius 3 is 2.14 bits per heavy atom. The summed E-state index contributed by atoms with van der Waals surface area (Å²) in [6, 6.07) is 32.3. The Bertz CT molecular complexity index is 2610. The molecule has 2 amide bonds. The average molecular weight is 823 g/mol. The minimum atomic E-state index is -3.64. The second-order valence-electron chi connectivity index (χ2n) is 14.5. The van der Waals surface area contributed by atoms with Gasteiger partial charge in [0.2, 0.25) is 10.0 Å². The lowest BCUT2D eigenvalue weighted by molar-refractivity contribution is 0.262. The summed E-state index contributed by atoms with van der Waals surface area (Å²) in [6.07, 6.45) is 3.18. The van der Waals surface area contributed by atoms with Crippen molar-refractivity contribution in [2.75, 3.05) is 42.4 Å². The monoisotopic (exact) mass is 822 g/mol. The van der Waals surface area contributed by atoms with Crippen LogP contribution >= 0.6 is 7.37 Å². The minimum Gasteiger partial charge on any atom is -0.496 e. The third-order valence-corrected chi connectivity index (χ3v) is 12.4. The van der Waals surface area contributed by atoms with E-state index in [9.17, 15) is 17.8 Å². The largest absolute Gasteiger partial charge is 0.496 e. The number of nitrogens with zero attached hydrogens (tertiary/aromatic N) is 1. The van der Waals surface area contributed by atoms with Gasteiger partial charge in [-0.3, -0.25) is 14.3 Å². The highest BCUT2D eigenvalue weighted by molar-refractivity contribution is 7.92. The quantitative estimate of drug-likeness (QED) is 0.0913. The van der Waals surface area contributed by atoms with Gasteiger partial charge in [-0.1, -0.05) is 69.3 Å². The van der Waals surface area contributed by atoms with Crippen molar-refractivity contribution >= 4 is 61.9 Å². The fourth-order valence-corrected chi connectivity index (χ4v) is 9.27. The molecule has 58 heavy (non-hydrogen) atoms. The molecule has 0 saturated carbocycles. The van der Waals surface area contributed by atoms with Crippen LogP contribution < -0.4 is 40.2 Å². The van der Waals surface area contributed by atoms with E-state index in [1.54, 1.807) is 61.8 Å². The van der Waals surface area contributed by atoms with E-state index in [1.165, 1.54) is 7.11 Å². The molecule has 0 fully saturated rings. The van der Waals surface area contributed by atoms with Crippen LogP contribution in [0.3, 0.4) is 0 Å². The molecule has 3 N–H and O–H groups in total. The van der Waals surface area contributed by atoms with Gasteiger partial charge in [-0.25, -0.2) is 13.2 Å². The number of hydrogen-bond donors (Lipinski definition) is 3. The van der Waals surface area contributed by atoms with Crippen molar-refractivity contribution in [3.63, 3.8) is 0 Å². The number of benzene rings is 5. The van der Waals surface area contributed by atoms with Crippen molar-refractivity contribution in [1.29, 1.82) is 0 Å². The van der Waals surface area contributed by atoms with E-state index in [0.717, 1.165) is 33.8 Å². The third-order valence-electron chi connectivity index (χ3n) is 9.20. The molecule has 6 rings (SSSR count). The summed E-state index contributed by atoms with van der Waals surface area (Å²) in [5.41, 5.74) is 3.08. The third kappa shape index (κ3) is 9.62. The van der Waals surface area contributed by atoms with Crippen molar-refractivity contribution in [3.05, 3.63) is 132 Å². The predicted octanol–water partition coefficient (Wildman–Crippen LogP) is 9.21. The van der Waals surface area contributed by atoms with Crippen LogP contribution in [0.15, 0.2) is 115 Å². The van der Waals surface area contributed by atoms with Gasteiger partial charge in [-0.2, -0.15) is 0 Å². The molecule has 0 aliphatic carbocycles. The van der Waals surface area contributed by atoms with E-state index < -0.39 is 23.4 Å². The number of aromatic nitrogens is 1. The van der Waals surface area contributed by atoms with Crippen LogP contribution in [-0.2, 0) is 30.9 Å². The number of carbonyl (C=O) groups excluding carboxylic acids is 1. The second kappa shape index (κ2) is 17.3. The summed E-state index contributed by atoms with van der Waals surface area (Å²) in [6.45, 7) is 8.04. The summed E-state index contributed by atoms with van der Waals surface area (Å²) < 4.78 is 64.7. The van der Waals surface area contributed by atoms with Gasteiger partial charge in [0.15, 0.2) is 5.75 Å². The van der Waals surface area contributed by atoms with Gasteiger partial charge in [0.05, 0.1) is 49.4 Å². The van der Waals surface area contributed by atoms with Gasteiger partial charge in [0, 0.05) is 40.5 Å². The lowest BCUT2D eigenvalue weighted by Gasteiger charge is -2.24. The lowest BCUT2D eigenvalue weighted by atomic mass is 9.86. The zero-order chi connectivity index (χ0) is 41.7. The zero-order valence-electron chi connectivity index (χ0n) is 33.5. The first-order chi connectivity index (χ1) is 27.6. The molecule has 0 aliphatic heterocycles. The van der Waals surface area contributed by atoms with Gasteiger partial charge in [0.1, 0.15) is 17.2 Å².